The minimum absolute atomic E-state index is 0.166. The number of hydrogen-bond acceptors (Lipinski definition) is 3. The number of aromatic nitrogens is 2. The Morgan fingerprint density at radius 2 is 2.29 bits per heavy atom. The zero-order valence-electron chi connectivity index (χ0n) is 9.19. The van der Waals surface area contributed by atoms with E-state index in [9.17, 15) is 4.79 Å². The van der Waals surface area contributed by atoms with E-state index in [1.165, 1.54) is 0 Å². The highest BCUT2D eigenvalue weighted by Crippen LogP contribution is 2.20. The van der Waals surface area contributed by atoms with Gasteiger partial charge in [0.25, 0.3) is 5.91 Å². The smallest absolute Gasteiger partial charge is 0.275 e. The van der Waals surface area contributed by atoms with Gasteiger partial charge < -0.3 is 10.3 Å². The van der Waals surface area contributed by atoms with Crippen LogP contribution in [0.15, 0.2) is 35.2 Å². The van der Waals surface area contributed by atoms with Crippen molar-refractivity contribution in [2.75, 3.05) is 0 Å². The van der Waals surface area contributed by atoms with Gasteiger partial charge in [0.2, 0.25) is 0 Å². The topological polar surface area (TPSA) is 70.1 Å². The Morgan fingerprint density at radius 3 is 3.06 bits per heavy atom. The van der Waals surface area contributed by atoms with E-state index in [0.717, 1.165) is 16.6 Å². The molecule has 3 heterocycles. The van der Waals surface area contributed by atoms with Crippen molar-refractivity contribution in [1.29, 1.82) is 0 Å². The largest absolute Gasteiger partial charge is 0.346 e. The fourth-order valence-electron chi connectivity index (χ4n) is 1.83. The fraction of sp³-hybridized carbons (Fsp3) is 0.0833. The molecule has 2 aromatic rings. The van der Waals surface area contributed by atoms with Crippen LogP contribution in [0.1, 0.15) is 12.5 Å². The Kier molecular flexibility index (Phi) is 2.04. The molecule has 0 bridgehead atoms. The number of pyridine rings is 1. The number of aromatic amines is 1. The number of amidine groups is 1. The number of carbonyl (C=O) groups excluding carboxylic acids is 1. The van der Waals surface area contributed by atoms with Gasteiger partial charge in [0.1, 0.15) is 17.2 Å². The van der Waals surface area contributed by atoms with Crippen molar-refractivity contribution in [2.45, 2.75) is 6.92 Å². The zero-order chi connectivity index (χ0) is 11.8. The number of nitrogens with zero attached hydrogens (tertiary/aromatic N) is 2. The van der Waals surface area contributed by atoms with Gasteiger partial charge in [-0.15, -0.1) is 0 Å². The highest BCUT2D eigenvalue weighted by Gasteiger charge is 2.17. The third-order valence-corrected chi connectivity index (χ3v) is 2.59. The Labute approximate surface area is 97.3 Å². The molecule has 3 rings (SSSR count). The lowest BCUT2D eigenvalue weighted by atomic mass is 10.2. The van der Waals surface area contributed by atoms with Gasteiger partial charge in [0.05, 0.1) is 0 Å². The molecule has 5 heteroatoms. The summed E-state index contributed by atoms with van der Waals surface area (Å²) >= 11 is 0. The van der Waals surface area contributed by atoms with Crippen LogP contribution in [0.2, 0.25) is 0 Å². The van der Waals surface area contributed by atoms with E-state index in [-0.39, 0.29) is 5.91 Å². The molecule has 0 radical (unpaired) electrons. The van der Waals surface area contributed by atoms with Crippen LogP contribution >= 0.6 is 0 Å². The molecule has 1 aliphatic heterocycles. The molecular formula is C12H10N4O. The van der Waals surface area contributed by atoms with Gasteiger partial charge in [-0.05, 0) is 25.1 Å². The lowest BCUT2D eigenvalue weighted by molar-refractivity contribution is -0.115. The van der Waals surface area contributed by atoms with Gasteiger partial charge in [-0.3, -0.25) is 4.79 Å². The Hall–Kier alpha value is -2.43. The number of H-pyrrole nitrogens is 1. The lowest BCUT2D eigenvalue weighted by Gasteiger charge is -1.92. The number of nitrogens with one attached hydrogen (secondary N) is 2. The van der Waals surface area contributed by atoms with Crippen LogP contribution in [0.3, 0.4) is 0 Å². The van der Waals surface area contributed by atoms with Crippen molar-refractivity contribution >= 4 is 28.9 Å². The molecule has 17 heavy (non-hydrogen) atoms. The second kappa shape index (κ2) is 3.55. The first-order valence-electron chi connectivity index (χ1n) is 5.24. The van der Waals surface area contributed by atoms with E-state index >= 15 is 0 Å². The number of hydrogen-bond donors (Lipinski definition) is 2. The molecular weight excluding hydrogens is 216 g/mol. The molecule has 5 nitrogen and oxygen atoms in total. The molecule has 1 amide bonds. The van der Waals surface area contributed by atoms with Crippen LogP contribution in [0.5, 0.6) is 0 Å². The molecule has 0 atom stereocenters. The molecule has 0 aromatic carbocycles. The molecule has 84 valence electrons. The molecule has 0 fully saturated rings. The number of rotatable bonds is 1. The van der Waals surface area contributed by atoms with Crippen molar-refractivity contribution in [3.8, 4) is 0 Å². The van der Waals surface area contributed by atoms with E-state index in [0.29, 0.717) is 11.5 Å². The summed E-state index contributed by atoms with van der Waals surface area (Å²) in [5, 5.41) is 3.62. The Morgan fingerprint density at radius 1 is 1.41 bits per heavy atom. The van der Waals surface area contributed by atoms with Gasteiger partial charge in [-0.1, -0.05) is 0 Å². The third kappa shape index (κ3) is 1.61. The summed E-state index contributed by atoms with van der Waals surface area (Å²) in [5.74, 6) is 0.458. The van der Waals surface area contributed by atoms with Crippen molar-refractivity contribution in [3.63, 3.8) is 0 Å². The Bertz CT molecular complexity index is 666. The number of fused-ring (bicyclic) bond motifs is 1. The molecule has 0 spiro atoms. The molecule has 0 aliphatic carbocycles. The highest BCUT2D eigenvalue weighted by atomic mass is 16.2. The fourth-order valence-corrected chi connectivity index (χ4v) is 1.83. The van der Waals surface area contributed by atoms with Gasteiger partial charge in [-0.25, -0.2) is 9.98 Å². The first kappa shape index (κ1) is 9.77. The predicted octanol–water partition coefficient (Wildman–Crippen LogP) is 1.45. The zero-order valence-corrected chi connectivity index (χ0v) is 9.19. The van der Waals surface area contributed by atoms with Gasteiger partial charge in [-0.2, -0.15) is 0 Å². The maximum atomic E-state index is 11.5. The van der Waals surface area contributed by atoms with E-state index in [1.54, 1.807) is 19.2 Å². The number of carbonyl (C=O) groups is 1. The summed E-state index contributed by atoms with van der Waals surface area (Å²) in [7, 11) is 0. The van der Waals surface area contributed by atoms with Gasteiger partial charge in [0.15, 0.2) is 0 Å². The highest BCUT2D eigenvalue weighted by molar-refractivity contribution is 6.14. The van der Waals surface area contributed by atoms with Gasteiger partial charge in [0, 0.05) is 23.3 Å². The SMILES string of the molecule is CC1=NC(=Cc2c[nH]c3ncccc23)C(=O)N1. The first-order chi connectivity index (χ1) is 8.24. The summed E-state index contributed by atoms with van der Waals surface area (Å²) in [5.41, 5.74) is 2.14. The van der Waals surface area contributed by atoms with E-state index in [2.05, 4.69) is 20.3 Å². The van der Waals surface area contributed by atoms with Crippen LogP contribution in [0.25, 0.3) is 17.1 Å². The molecule has 1 aliphatic rings. The van der Waals surface area contributed by atoms with Crippen LogP contribution < -0.4 is 5.32 Å². The van der Waals surface area contributed by atoms with Crippen molar-refractivity contribution in [3.05, 3.63) is 35.8 Å². The standard InChI is InChI=1S/C12H10N4O/c1-7-15-10(12(17)16-7)5-8-6-14-11-9(8)3-2-4-13-11/h2-6H,1H3,(H,13,14)(H,15,16,17). The molecule has 0 saturated heterocycles. The van der Waals surface area contributed by atoms with Crippen LogP contribution in [0, 0.1) is 0 Å². The van der Waals surface area contributed by atoms with Gasteiger partial charge >= 0.3 is 0 Å². The second-order valence-electron chi connectivity index (χ2n) is 3.82. The van der Waals surface area contributed by atoms with E-state index < -0.39 is 0 Å². The van der Waals surface area contributed by atoms with Crippen LogP contribution in [-0.2, 0) is 4.79 Å². The van der Waals surface area contributed by atoms with E-state index in [1.807, 2.05) is 18.3 Å². The minimum atomic E-state index is -0.166. The summed E-state index contributed by atoms with van der Waals surface area (Å²) in [6, 6.07) is 3.82. The normalized spacial score (nSPS) is 17.6. The molecule has 2 aromatic heterocycles. The Balaban J connectivity index is 2.11. The second-order valence-corrected chi connectivity index (χ2v) is 3.82. The number of amides is 1. The summed E-state index contributed by atoms with van der Waals surface area (Å²) in [4.78, 5) is 22.9. The van der Waals surface area contributed by atoms with Crippen molar-refractivity contribution < 1.29 is 4.79 Å². The first-order valence-corrected chi connectivity index (χ1v) is 5.24. The average Bonchev–Trinajstić information content (AvgIpc) is 2.85. The maximum Gasteiger partial charge on any atom is 0.275 e. The molecule has 0 unspecified atom stereocenters. The monoisotopic (exact) mass is 226 g/mol. The lowest BCUT2D eigenvalue weighted by Crippen LogP contribution is -2.21. The van der Waals surface area contributed by atoms with Crippen LogP contribution in [0.4, 0.5) is 0 Å². The van der Waals surface area contributed by atoms with Crippen molar-refractivity contribution in [2.24, 2.45) is 4.99 Å². The summed E-state index contributed by atoms with van der Waals surface area (Å²) < 4.78 is 0. The minimum Gasteiger partial charge on any atom is -0.346 e. The molecule has 2 N–H and O–H groups in total. The maximum absolute atomic E-state index is 11.5. The van der Waals surface area contributed by atoms with Crippen LogP contribution in [-0.4, -0.2) is 21.7 Å². The van der Waals surface area contributed by atoms with E-state index in [4.69, 9.17) is 0 Å². The summed E-state index contributed by atoms with van der Waals surface area (Å²) in [6.45, 7) is 1.76. The summed E-state index contributed by atoms with van der Waals surface area (Å²) in [6.07, 6.45) is 5.30. The average molecular weight is 226 g/mol. The van der Waals surface area contributed by atoms with Crippen molar-refractivity contribution in [1.82, 2.24) is 15.3 Å². The molecule has 0 saturated carbocycles. The quantitative estimate of drug-likeness (QED) is 0.722. The third-order valence-electron chi connectivity index (χ3n) is 2.59. The number of aliphatic imine (C=N–C) groups is 1. The predicted molar refractivity (Wildman–Crippen MR) is 65.3 cm³/mol.